The summed E-state index contributed by atoms with van der Waals surface area (Å²) < 4.78 is 82.5. The van der Waals surface area contributed by atoms with Gasteiger partial charge in [-0.2, -0.15) is 8.78 Å². The number of ether oxygens (including phenoxy) is 5. The minimum atomic E-state index is -3.12. The average Bonchev–Trinajstić information content (AvgIpc) is 0.836. The molecule has 15 rings (SSSR count). The van der Waals surface area contributed by atoms with E-state index in [2.05, 4.69) is 67.4 Å². The Kier molecular flexibility index (Phi) is 32.6. The third-order valence-electron chi connectivity index (χ3n) is 16.5. The number of aromatic nitrogens is 7. The van der Waals surface area contributed by atoms with E-state index in [1.807, 2.05) is 87.5 Å². The number of pyridine rings is 7. The quantitative estimate of drug-likeness (QED) is 0.0330. The predicted molar refractivity (Wildman–Crippen MR) is 470 cm³/mol. The third-order valence-corrected chi connectivity index (χ3v) is 16.9. The summed E-state index contributed by atoms with van der Waals surface area (Å²) in [6.07, 6.45) is 21.1. The molecule has 15 aromatic rings. The highest BCUT2D eigenvalue weighted by molar-refractivity contribution is 6.31. The summed E-state index contributed by atoms with van der Waals surface area (Å²) in [5.74, 6) is 1.26. The molecule has 0 radical (unpaired) electrons. The van der Waals surface area contributed by atoms with Crippen LogP contribution in [0.2, 0.25) is 10.0 Å². The molecule has 0 bridgehead atoms. The van der Waals surface area contributed by atoms with Crippen molar-refractivity contribution in [2.45, 2.75) is 41.0 Å². The molecule has 0 spiro atoms. The molecule has 0 saturated carbocycles. The van der Waals surface area contributed by atoms with Gasteiger partial charge in [-0.05, 0) is 203 Å². The van der Waals surface area contributed by atoms with Gasteiger partial charge in [0.15, 0.2) is 11.5 Å². The maximum absolute atomic E-state index is 13.8. The smallest absolute Gasteiger partial charge is 0.287 e. The number of nitrogens with one attached hydrogen (secondary N) is 5. The fraction of sp³-hybridized carbons (Fsp3) is 0.0625. The molecular weight excluding hydrogens is 1630 g/mol. The highest BCUT2D eigenvalue weighted by atomic mass is 35.5. The van der Waals surface area contributed by atoms with Crippen LogP contribution in [0.3, 0.4) is 0 Å². The molecule has 0 aliphatic carbocycles. The molecule has 7 aromatic heterocycles. The van der Waals surface area contributed by atoms with Gasteiger partial charge in [-0.25, -0.2) is 18.7 Å². The normalized spacial score (nSPS) is 10.3. The van der Waals surface area contributed by atoms with E-state index in [1.54, 1.807) is 195 Å². The molecule has 124 heavy (non-hydrogen) atoms. The first-order valence-electron chi connectivity index (χ1n) is 37.1. The van der Waals surface area contributed by atoms with Crippen LogP contribution in [0.4, 0.5) is 46.0 Å². The van der Waals surface area contributed by atoms with Crippen molar-refractivity contribution in [1.82, 2.24) is 34.9 Å². The first-order chi connectivity index (χ1) is 59.4. The minimum absolute atomic E-state index is 0. The Morgan fingerprint density at radius 1 is 0.379 bits per heavy atom. The molecular formula is C96H76Cl2F4N12O10. The Morgan fingerprint density at radius 2 is 0.774 bits per heavy atom. The van der Waals surface area contributed by atoms with Crippen LogP contribution >= 0.6 is 23.2 Å². The van der Waals surface area contributed by atoms with Crippen LogP contribution in [-0.2, 0) is 5.92 Å². The summed E-state index contributed by atoms with van der Waals surface area (Å²) in [6.45, 7) is 6.52. The highest BCUT2D eigenvalue weighted by Crippen LogP contribution is 2.34. The Labute approximate surface area is 721 Å². The Balaban J connectivity index is 0.000000162. The van der Waals surface area contributed by atoms with E-state index in [-0.39, 0.29) is 42.1 Å². The fourth-order valence-electron chi connectivity index (χ4n) is 10.9. The number of hydrogen-bond acceptors (Lipinski definition) is 17. The highest BCUT2D eigenvalue weighted by Gasteiger charge is 2.27. The zero-order valence-corrected chi connectivity index (χ0v) is 67.2. The lowest BCUT2D eigenvalue weighted by Gasteiger charge is -2.11. The number of carbonyl (C=O) groups is 5. The predicted octanol–water partition coefficient (Wildman–Crippen LogP) is 23.7. The number of halogens is 6. The molecule has 0 atom stereocenters. The number of terminal acetylenes is 1. The van der Waals surface area contributed by atoms with Crippen molar-refractivity contribution in [3.05, 3.63) is 407 Å². The van der Waals surface area contributed by atoms with E-state index in [0.29, 0.717) is 107 Å². The summed E-state index contributed by atoms with van der Waals surface area (Å²) in [6, 6.07) is 73.3. The van der Waals surface area contributed by atoms with Gasteiger partial charge in [0, 0.05) is 141 Å². The lowest BCUT2D eigenvalue weighted by Crippen LogP contribution is -2.17. The van der Waals surface area contributed by atoms with Crippen LogP contribution in [0.5, 0.6) is 57.5 Å². The molecule has 5 N–H and O–H groups in total. The van der Waals surface area contributed by atoms with Gasteiger partial charge in [-0.15, -0.1) is 6.42 Å². The summed E-state index contributed by atoms with van der Waals surface area (Å²) in [7, 11) is 0. The zero-order chi connectivity index (χ0) is 87.0. The van der Waals surface area contributed by atoms with Crippen LogP contribution in [0, 0.1) is 44.7 Å². The van der Waals surface area contributed by atoms with Crippen LogP contribution < -0.4 is 50.3 Å². The van der Waals surface area contributed by atoms with Crippen LogP contribution in [0.1, 0.15) is 94.5 Å². The Morgan fingerprint density at radius 3 is 1.24 bits per heavy atom. The number of hydrogen-bond donors (Lipinski definition) is 5. The number of alkyl halides is 2. The number of nitrogens with zero attached hydrogens (tertiary/aromatic N) is 7. The molecule has 0 saturated heterocycles. The molecule has 22 nitrogen and oxygen atoms in total. The molecule has 7 heterocycles. The summed E-state index contributed by atoms with van der Waals surface area (Å²) in [5.41, 5.74) is 6.55. The van der Waals surface area contributed by atoms with E-state index >= 15 is 0 Å². The third kappa shape index (κ3) is 28.7. The van der Waals surface area contributed by atoms with Gasteiger partial charge in [-0.3, -0.25) is 48.9 Å². The number of benzene rings is 8. The average molecular weight is 1700 g/mol. The Bertz CT molecular complexity index is 6230. The monoisotopic (exact) mass is 1700 g/mol. The number of anilines is 5. The van der Waals surface area contributed by atoms with Crippen molar-refractivity contribution in [3.8, 4) is 69.8 Å². The number of aryl methyl sites for hydroxylation is 3. The molecule has 0 aliphatic rings. The SMILES string of the molecule is C.C#Cc1cccc(C(=O)Nc2cc(F)cc(Oc3cccnc3)c2)c1.CC(F)(F)c1cccc(C(=O)Nc2cccc(Oc3cccnc3)c2)n1.Cc1cccc(C(=O)Nc2cc(Cl)cc(Oc3cccnc3)c2)c1.Cc1cccc(C(=O)Nc2cccc(Oc3cccnc3C)c2)c1.O=C(Nc1cc(Cl)cc(Oc2cccnc2)c1)c1ncccc1F. The van der Waals surface area contributed by atoms with Crippen LogP contribution in [0.15, 0.2) is 329 Å². The van der Waals surface area contributed by atoms with Crippen molar-refractivity contribution in [2.75, 3.05) is 26.6 Å². The van der Waals surface area contributed by atoms with Crippen molar-refractivity contribution >= 4 is 81.2 Å². The van der Waals surface area contributed by atoms with Gasteiger partial charge in [0.1, 0.15) is 74.7 Å². The standard InChI is InChI=1S/C20H13FN2O2.C20H18N2O2.C19H15ClN2O2.C19H15F2N3O2.C17H11ClFN3O2.CH4/c1-2-14-5-3-6-15(9-14)20(24)23-17-10-16(21)11-19(12-17)25-18-7-4-8-22-13-18;1-14-6-3-7-16(12-14)20(23)22-17-8-4-9-18(13-17)24-19-10-5-11-21-15(19)2;1-13-4-2-5-14(8-13)19(23)22-16-9-15(20)10-18(11-16)24-17-6-3-7-21-12-17;1-19(20,21)17-9-3-8-16(24-17)18(25)23-13-5-2-6-14(11-13)26-15-7-4-10-22-12-15;18-11-7-12(22-17(23)16-15(19)4-2-6-21-16)9-14(8-11)24-13-3-1-5-20-10-13;/h1,3-13H,(H,23,24);3-13H,1-2H3,(H,22,23);2-12H,1H3,(H,22,23);2-12H,1H3,(H,23,25);1-10H,(H,22,23);1H4. The lowest BCUT2D eigenvalue weighted by atomic mass is 10.1. The van der Waals surface area contributed by atoms with Gasteiger partial charge >= 0.3 is 0 Å². The minimum Gasteiger partial charge on any atom is -0.456 e. The molecule has 5 amide bonds. The van der Waals surface area contributed by atoms with Gasteiger partial charge < -0.3 is 50.3 Å². The molecule has 28 heteroatoms. The van der Waals surface area contributed by atoms with Crippen molar-refractivity contribution in [2.24, 2.45) is 0 Å². The van der Waals surface area contributed by atoms with Gasteiger partial charge in [0.2, 0.25) is 0 Å². The molecule has 0 fully saturated rings. The maximum atomic E-state index is 13.8. The largest absolute Gasteiger partial charge is 0.456 e. The maximum Gasteiger partial charge on any atom is 0.287 e. The molecule has 0 unspecified atom stereocenters. The summed E-state index contributed by atoms with van der Waals surface area (Å²) in [5, 5.41) is 14.3. The van der Waals surface area contributed by atoms with E-state index < -0.39 is 41.0 Å². The van der Waals surface area contributed by atoms with Gasteiger partial charge in [0.05, 0.1) is 30.5 Å². The lowest BCUT2D eigenvalue weighted by molar-refractivity contribution is 0.0126. The van der Waals surface area contributed by atoms with Crippen molar-refractivity contribution in [3.63, 3.8) is 0 Å². The van der Waals surface area contributed by atoms with E-state index in [9.17, 15) is 41.5 Å². The van der Waals surface area contributed by atoms with E-state index in [4.69, 9.17) is 53.3 Å². The Hall–Kier alpha value is -16.0. The molecule has 622 valence electrons. The van der Waals surface area contributed by atoms with Crippen molar-refractivity contribution in [1.29, 1.82) is 0 Å². The number of amides is 5. The van der Waals surface area contributed by atoms with E-state index in [1.165, 1.54) is 60.9 Å². The first-order valence-corrected chi connectivity index (χ1v) is 37.9. The van der Waals surface area contributed by atoms with Crippen LogP contribution in [-0.4, -0.2) is 64.4 Å². The van der Waals surface area contributed by atoms with Gasteiger partial charge in [0.25, 0.3) is 35.5 Å². The van der Waals surface area contributed by atoms with Gasteiger partial charge in [-0.1, -0.05) is 96.2 Å². The summed E-state index contributed by atoms with van der Waals surface area (Å²) >= 11 is 12.2. The second kappa shape index (κ2) is 44.7. The van der Waals surface area contributed by atoms with E-state index in [0.717, 1.165) is 29.8 Å². The second-order valence-electron chi connectivity index (χ2n) is 26.3. The summed E-state index contributed by atoms with van der Waals surface area (Å²) in [4.78, 5) is 88.9. The first kappa shape index (κ1) is 90.3. The fourth-order valence-corrected chi connectivity index (χ4v) is 11.4. The number of rotatable bonds is 21. The molecule has 0 aliphatic heterocycles. The van der Waals surface area contributed by atoms with Crippen molar-refractivity contribution < 1.29 is 65.2 Å². The molecule has 8 aromatic carbocycles. The number of carbonyl (C=O) groups excluding carboxylic acids is 5. The van der Waals surface area contributed by atoms with Crippen LogP contribution in [0.25, 0.3) is 0 Å². The zero-order valence-electron chi connectivity index (χ0n) is 65.7. The topological polar surface area (TPSA) is 282 Å². The second-order valence-corrected chi connectivity index (χ2v) is 27.2.